The Balaban J connectivity index is 1.99. The van der Waals surface area contributed by atoms with Crippen molar-refractivity contribution in [1.29, 1.82) is 0 Å². The first-order valence-electron chi connectivity index (χ1n) is 6.48. The molecule has 2 bridgehead atoms. The number of thioether (sulfide) groups is 1. The van der Waals surface area contributed by atoms with Crippen molar-refractivity contribution in [2.75, 3.05) is 12.9 Å². The minimum atomic E-state index is -0.324. The van der Waals surface area contributed by atoms with Crippen LogP contribution < -0.4 is 0 Å². The maximum atomic E-state index is 11.0. The molecule has 0 saturated heterocycles. The predicted octanol–water partition coefficient (Wildman–Crippen LogP) is 2.59. The molecule has 2 fully saturated rings. The Bertz CT molecular complexity index is 364. The minimum absolute atomic E-state index is 0.0167. The smallest absolute Gasteiger partial charge is 0.330 e. The first kappa shape index (κ1) is 13.9. The zero-order valence-electron chi connectivity index (χ0n) is 11.3. The zero-order chi connectivity index (χ0) is 13.4. The molecule has 0 aromatic heterocycles. The third kappa shape index (κ3) is 1.99. The molecule has 0 amide bonds. The quantitative estimate of drug-likeness (QED) is 0.630. The number of aliphatic hydroxyl groups excluding tert-OH is 1. The number of aliphatic hydroxyl groups is 1. The number of methoxy groups -OCH3 is 1. The highest BCUT2D eigenvalue weighted by atomic mass is 32.2. The fraction of sp³-hybridized carbons (Fsp3) is 0.786. The minimum Gasteiger partial charge on any atom is -0.466 e. The van der Waals surface area contributed by atoms with Crippen molar-refractivity contribution in [3.05, 3.63) is 11.5 Å². The van der Waals surface area contributed by atoms with E-state index in [1.165, 1.54) is 19.6 Å². The Morgan fingerprint density at radius 3 is 2.78 bits per heavy atom. The van der Waals surface area contributed by atoms with Crippen LogP contribution in [0, 0.1) is 16.7 Å². The van der Waals surface area contributed by atoms with Gasteiger partial charge in [0.25, 0.3) is 0 Å². The standard InChI is InChI=1S/C14H22O3S/c1-13(2)10-4-6-14(13,11(15)8-10)9-18-7-5-12(16)17-3/h5,7,10-11,15H,4,6,8-9H2,1-3H3/b7-5+. The van der Waals surface area contributed by atoms with Gasteiger partial charge in [0.1, 0.15) is 0 Å². The molecule has 0 aromatic rings. The number of rotatable bonds is 4. The van der Waals surface area contributed by atoms with Crippen molar-refractivity contribution in [2.24, 2.45) is 16.7 Å². The number of esters is 1. The highest BCUT2D eigenvalue weighted by Crippen LogP contribution is 2.66. The average Bonchev–Trinajstić information content (AvgIpc) is 2.68. The lowest BCUT2D eigenvalue weighted by molar-refractivity contribution is -0.134. The van der Waals surface area contributed by atoms with Gasteiger partial charge in [-0.2, -0.15) is 0 Å². The van der Waals surface area contributed by atoms with Gasteiger partial charge in [-0.1, -0.05) is 13.8 Å². The lowest BCUT2D eigenvalue weighted by Crippen LogP contribution is -2.40. The van der Waals surface area contributed by atoms with E-state index in [1.54, 1.807) is 17.2 Å². The number of carbonyl (C=O) groups is 1. The average molecular weight is 270 g/mol. The maximum absolute atomic E-state index is 11.0. The van der Waals surface area contributed by atoms with Crippen LogP contribution >= 0.6 is 11.8 Å². The molecule has 2 aliphatic rings. The lowest BCUT2D eigenvalue weighted by Gasteiger charge is -2.40. The number of carbonyl (C=O) groups excluding carboxylic acids is 1. The SMILES string of the molecule is COC(=O)/C=C/SCC12CCC(CC1O)C2(C)C. The van der Waals surface area contributed by atoms with Gasteiger partial charge in [-0.25, -0.2) is 4.79 Å². The van der Waals surface area contributed by atoms with Crippen LogP contribution in [0.15, 0.2) is 11.5 Å². The largest absolute Gasteiger partial charge is 0.466 e. The summed E-state index contributed by atoms with van der Waals surface area (Å²) in [6.07, 6.45) is 4.53. The summed E-state index contributed by atoms with van der Waals surface area (Å²) in [6.45, 7) is 4.57. The molecule has 102 valence electrons. The molecule has 3 unspecified atom stereocenters. The molecular weight excluding hydrogens is 248 g/mol. The van der Waals surface area contributed by atoms with Crippen LogP contribution in [0.25, 0.3) is 0 Å². The second kappa shape index (κ2) is 4.89. The fourth-order valence-corrected chi connectivity index (χ4v) is 5.06. The van der Waals surface area contributed by atoms with E-state index in [1.807, 2.05) is 0 Å². The monoisotopic (exact) mass is 270 g/mol. The number of hydrogen-bond acceptors (Lipinski definition) is 4. The van der Waals surface area contributed by atoms with Crippen LogP contribution in [0.4, 0.5) is 0 Å². The van der Waals surface area contributed by atoms with Gasteiger partial charge < -0.3 is 9.84 Å². The van der Waals surface area contributed by atoms with Crippen molar-refractivity contribution in [3.63, 3.8) is 0 Å². The van der Waals surface area contributed by atoms with Crippen LogP contribution in [0.1, 0.15) is 33.1 Å². The molecule has 0 aliphatic heterocycles. The molecule has 4 heteroatoms. The topological polar surface area (TPSA) is 46.5 Å². The van der Waals surface area contributed by atoms with Gasteiger partial charge in [0, 0.05) is 17.2 Å². The Labute approximate surface area is 113 Å². The van der Waals surface area contributed by atoms with E-state index in [0.717, 1.165) is 18.6 Å². The number of hydrogen-bond donors (Lipinski definition) is 1. The molecule has 3 atom stereocenters. The molecule has 2 aliphatic carbocycles. The van der Waals surface area contributed by atoms with Crippen molar-refractivity contribution in [1.82, 2.24) is 0 Å². The van der Waals surface area contributed by atoms with E-state index < -0.39 is 0 Å². The molecular formula is C14H22O3S. The fourth-order valence-electron chi connectivity index (χ4n) is 3.75. The van der Waals surface area contributed by atoms with E-state index >= 15 is 0 Å². The summed E-state index contributed by atoms with van der Waals surface area (Å²) in [6, 6.07) is 0. The van der Waals surface area contributed by atoms with Gasteiger partial charge >= 0.3 is 5.97 Å². The highest BCUT2D eigenvalue weighted by molar-refractivity contribution is 8.02. The van der Waals surface area contributed by atoms with Crippen molar-refractivity contribution < 1.29 is 14.6 Å². The normalized spacial score (nSPS) is 37.3. The molecule has 0 spiro atoms. The highest BCUT2D eigenvalue weighted by Gasteiger charge is 2.63. The third-order valence-corrected chi connectivity index (χ3v) is 6.24. The Morgan fingerprint density at radius 2 is 2.28 bits per heavy atom. The van der Waals surface area contributed by atoms with E-state index in [4.69, 9.17) is 0 Å². The number of ether oxygens (including phenoxy) is 1. The van der Waals surface area contributed by atoms with E-state index in [9.17, 15) is 9.90 Å². The van der Waals surface area contributed by atoms with Gasteiger partial charge in [-0.3, -0.25) is 0 Å². The second-order valence-electron chi connectivity index (χ2n) is 6.00. The molecule has 3 nitrogen and oxygen atoms in total. The Kier molecular flexibility index (Phi) is 3.79. The second-order valence-corrected chi connectivity index (χ2v) is 6.90. The third-order valence-electron chi connectivity index (χ3n) is 5.23. The molecule has 2 saturated carbocycles. The van der Waals surface area contributed by atoms with E-state index in [-0.39, 0.29) is 22.9 Å². The number of fused-ring (bicyclic) bond motifs is 2. The molecule has 18 heavy (non-hydrogen) atoms. The van der Waals surface area contributed by atoms with Gasteiger partial charge in [0.15, 0.2) is 0 Å². The van der Waals surface area contributed by atoms with Gasteiger partial charge in [-0.15, -0.1) is 11.8 Å². The summed E-state index contributed by atoms with van der Waals surface area (Å²) >= 11 is 1.61. The van der Waals surface area contributed by atoms with Crippen LogP contribution in [0.5, 0.6) is 0 Å². The van der Waals surface area contributed by atoms with E-state index in [2.05, 4.69) is 18.6 Å². The maximum Gasteiger partial charge on any atom is 0.330 e. The van der Waals surface area contributed by atoms with Gasteiger partial charge in [0.2, 0.25) is 0 Å². The van der Waals surface area contributed by atoms with Crippen LogP contribution in [-0.2, 0) is 9.53 Å². The van der Waals surface area contributed by atoms with Crippen LogP contribution in [0.3, 0.4) is 0 Å². The molecule has 0 aromatic carbocycles. The molecule has 0 radical (unpaired) electrons. The first-order chi connectivity index (χ1) is 8.44. The summed E-state index contributed by atoms with van der Waals surface area (Å²) in [5.41, 5.74) is 0.224. The Morgan fingerprint density at radius 1 is 1.56 bits per heavy atom. The Hall–Kier alpha value is -0.480. The predicted molar refractivity (Wildman–Crippen MR) is 73.2 cm³/mol. The summed E-state index contributed by atoms with van der Waals surface area (Å²) in [4.78, 5) is 11.0. The van der Waals surface area contributed by atoms with Crippen molar-refractivity contribution in [2.45, 2.75) is 39.2 Å². The van der Waals surface area contributed by atoms with E-state index in [0.29, 0.717) is 5.92 Å². The van der Waals surface area contributed by atoms with Crippen LogP contribution in [0.2, 0.25) is 0 Å². The summed E-state index contributed by atoms with van der Waals surface area (Å²) in [5, 5.41) is 12.1. The molecule has 0 heterocycles. The summed E-state index contributed by atoms with van der Waals surface area (Å²) in [7, 11) is 1.38. The molecule has 2 rings (SSSR count). The first-order valence-corrected chi connectivity index (χ1v) is 7.53. The van der Waals surface area contributed by atoms with Gasteiger partial charge in [-0.05, 0) is 36.0 Å². The van der Waals surface area contributed by atoms with Gasteiger partial charge in [0.05, 0.1) is 13.2 Å². The zero-order valence-corrected chi connectivity index (χ0v) is 12.1. The van der Waals surface area contributed by atoms with Crippen molar-refractivity contribution in [3.8, 4) is 0 Å². The summed E-state index contributed by atoms with van der Waals surface area (Å²) < 4.78 is 4.56. The van der Waals surface area contributed by atoms with Crippen molar-refractivity contribution >= 4 is 17.7 Å². The molecule has 1 N–H and O–H groups in total. The van der Waals surface area contributed by atoms with Crippen LogP contribution in [-0.4, -0.2) is 30.0 Å². The lowest BCUT2D eigenvalue weighted by atomic mass is 9.70. The summed E-state index contributed by atoms with van der Waals surface area (Å²) in [5.74, 6) is 1.21.